The monoisotopic (exact) mass is 468 g/mol. The zero-order chi connectivity index (χ0) is 24.2. The number of hydrogen-bond donors (Lipinski definition) is 1. The minimum Gasteiger partial charge on any atom is -0.496 e. The highest BCUT2D eigenvalue weighted by atomic mass is 16.5. The van der Waals surface area contributed by atoms with E-state index in [-0.39, 0.29) is 5.91 Å². The fourth-order valence-electron chi connectivity index (χ4n) is 5.20. The zero-order valence-electron chi connectivity index (χ0n) is 20.4. The van der Waals surface area contributed by atoms with E-state index in [0.29, 0.717) is 5.92 Å². The first-order valence-corrected chi connectivity index (χ1v) is 12.2. The molecule has 1 fully saturated rings. The van der Waals surface area contributed by atoms with E-state index in [9.17, 15) is 4.79 Å². The first kappa shape index (κ1) is 23.1. The van der Waals surface area contributed by atoms with Crippen molar-refractivity contribution in [1.82, 2.24) is 19.8 Å². The zero-order valence-corrected chi connectivity index (χ0v) is 20.4. The van der Waals surface area contributed by atoms with E-state index in [1.807, 2.05) is 29.4 Å². The maximum atomic E-state index is 12.3. The van der Waals surface area contributed by atoms with Gasteiger partial charge in [-0.3, -0.25) is 9.69 Å². The van der Waals surface area contributed by atoms with E-state index in [1.165, 1.54) is 16.7 Å². The van der Waals surface area contributed by atoms with Crippen LogP contribution in [-0.4, -0.2) is 59.0 Å². The number of nitrogens with one attached hydrogen (secondary N) is 1. The number of carbonyl (C=O) groups excluding carboxylic acids is 1. The molecule has 0 unspecified atom stereocenters. The number of nitrogens with zero attached hydrogens (tertiary/aromatic N) is 3. The fourth-order valence-corrected chi connectivity index (χ4v) is 5.20. The van der Waals surface area contributed by atoms with Gasteiger partial charge in [-0.1, -0.05) is 42.5 Å². The highest BCUT2D eigenvalue weighted by Crippen LogP contribution is 2.33. The number of carbonyl (C=O) groups is 1. The van der Waals surface area contributed by atoms with Crippen molar-refractivity contribution in [3.8, 4) is 16.9 Å². The molecule has 3 heterocycles. The number of aromatic nitrogens is 2. The standard InChI is InChI=1S/C29H32N4O2/c1-21(34)33-14-13-32(18-23(19-33)15-22-16-24-11-12-30-29(24)31-17-22)20-25-7-3-4-8-26(25)27-9-5-6-10-28(27)35-2/h3-12,16-17,23H,13-15,18-20H2,1-2H3,(H,30,31)/t23-/m0/s1. The lowest BCUT2D eigenvalue weighted by atomic mass is 9.97. The molecule has 1 saturated heterocycles. The Morgan fingerprint density at radius 3 is 2.69 bits per heavy atom. The van der Waals surface area contributed by atoms with Crippen LogP contribution in [0.3, 0.4) is 0 Å². The maximum Gasteiger partial charge on any atom is 0.219 e. The van der Waals surface area contributed by atoms with Crippen LogP contribution in [0.15, 0.2) is 73.1 Å². The minimum absolute atomic E-state index is 0.144. The Morgan fingerprint density at radius 2 is 1.86 bits per heavy atom. The molecule has 1 aliphatic rings. The molecular weight excluding hydrogens is 436 g/mol. The molecule has 0 radical (unpaired) electrons. The summed E-state index contributed by atoms with van der Waals surface area (Å²) in [5, 5.41) is 1.13. The second-order valence-corrected chi connectivity index (χ2v) is 9.39. The van der Waals surface area contributed by atoms with Crippen LogP contribution in [-0.2, 0) is 17.8 Å². The van der Waals surface area contributed by atoms with Crippen LogP contribution in [0.5, 0.6) is 5.75 Å². The van der Waals surface area contributed by atoms with Crippen molar-refractivity contribution >= 4 is 16.9 Å². The molecule has 4 aromatic rings. The molecular formula is C29H32N4O2. The van der Waals surface area contributed by atoms with Crippen LogP contribution < -0.4 is 4.74 Å². The Labute approximate surface area is 206 Å². The van der Waals surface area contributed by atoms with Crippen molar-refractivity contribution in [2.75, 3.05) is 33.3 Å². The topological polar surface area (TPSA) is 61.5 Å². The first-order chi connectivity index (χ1) is 17.1. The smallest absolute Gasteiger partial charge is 0.219 e. The Balaban J connectivity index is 1.39. The summed E-state index contributed by atoms with van der Waals surface area (Å²) in [4.78, 5) is 24.6. The van der Waals surface area contributed by atoms with Gasteiger partial charge in [0.2, 0.25) is 5.91 Å². The van der Waals surface area contributed by atoms with Gasteiger partial charge in [0.25, 0.3) is 0 Å². The van der Waals surface area contributed by atoms with E-state index in [2.05, 4.69) is 63.4 Å². The van der Waals surface area contributed by atoms with Gasteiger partial charge < -0.3 is 14.6 Å². The van der Waals surface area contributed by atoms with E-state index in [4.69, 9.17) is 4.74 Å². The number of ether oxygens (including phenoxy) is 1. The predicted molar refractivity (Wildman–Crippen MR) is 139 cm³/mol. The number of methoxy groups -OCH3 is 1. The molecule has 180 valence electrons. The molecule has 1 amide bonds. The van der Waals surface area contributed by atoms with Crippen molar-refractivity contribution in [2.45, 2.75) is 19.9 Å². The molecule has 6 heteroatoms. The van der Waals surface area contributed by atoms with E-state index < -0.39 is 0 Å². The molecule has 1 N–H and O–H groups in total. The minimum atomic E-state index is 0.144. The third-order valence-electron chi connectivity index (χ3n) is 6.92. The lowest BCUT2D eigenvalue weighted by Crippen LogP contribution is -2.34. The molecule has 0 bridgehead atoms. The normalized spacial score (nSPS) is 16.9. The highest BCUT2D eigenvalue weighted by Gasteiger charge is 2.25. The van der Waals surface area contributed by atoms with E-state index >= 15 is 0 Å². The average molecular weight is 469 g/mol. The van der Waals surface area contributed by atoms with Gasteiger partial charge in [-0.05, 0) is 47.2 Å². The molecule has 0 saturated carbocycles. The predicted octanol–water partition coefficient (Wildman–Crippen LogP) is 4.76. The number of fused-ring (bicyclic) bond motifs is 1. The molecule has 6 nitrogen and oxygen atoms in total. The van der Waals surface area contributed by atoms with Crippen LogP contribution in [0.1, 0.15) is 18.1 Å². The lowest BCUT2D eigenvalue weighted by Gasteiger charge is -2.25. The molecule has 2 aromatic heterocycles. The summed E-state index contributed by atoms with van der Waals surface area (Å²) in [5.41, 5.74) is 5.68. The van der Waals surface area contributed by atoms with Crippen molar-refractivity contribution in [3.63, 3.8) is 0 Å². The Kier molecular flexibility index (Phi) is 6.82. The van der Waals surface area contributed by atoms with Gasteiger partial charge in [-0.25, -0.2) is 4.98 Å². The Hall–Kier alpha value is -3.64. The summed E-state index contributed by atoms with van der Waals surface area (Å²) in [6.07, 6.45) is 4.77. The van der Waals surface area contributed by atoms with E-state index in [1.54, 1.807) is 14.0 Å². The lowest BCUT2D eigenvalue weighted by molar-refractivity contribution is -0.129. The maximum absolute atomic E-state index is 12.3. The summed E-state index contributed by atoms with van der Waals surface area (Å²) >= 11 is 0. The number of rotatable bonds is 6. The molecule has 35 heavy (non-hydrogen) atoms. The van der Waals surface area contributed by atoms with Crippen LogP contribution in [0.25, 0.3) is 22.2 Å². The summed E-state index contributed by atoms with van der Waals surface area (Å²) < 4.78 is 5.65. The van der Waals surface area contributed by atoms with Crippen molar-refractivity contribution in [3.05, 3.63) is 84.2 Å². The Morgan fingerprint density at radius 1 is 1.06 bits per heavy atom. The van der Waals surface area contributed by atoms with Gasteiger partial charge in [0.05, 0.1) is 7.11 Å². The third-order valence-corrected chi connectivity index (χ3v) is 6.92. The molecule has 1 atom stereocenters. The average Bonchev–Trinajstić information content (AvgIpc) is 3.25. The number of benzene rings is 2. The number of amides is 1. The summed E-state index contributed by atoms with van der Waals surface area (Å²) in [6, 6.07) is 21.0. The quantitative estimate of drug-likeness (QED) is 0.443. The van der Waals surface area contributed by atoms with Gasteiger partial charge in [0.15, 0.2) is 0 Å². The molecule has 5 rings (SSSR count). The number of hydrogen-bond acceptors (Lipinski definition) is 4. The van der Waals surface area contributed by atoms with Gasteiger partial charge in [-0.2, -0.15) is 0 Å². The van der Waals surface area contributed by atoms with Crippen LogP contribution in [0, 0.1) is 5.92 Å². The fraction of sp³-hybridized carbons (Fsp3) is 0.310. The number of pyridine rings is 1. The van der Waals surface area contributed by atoms with Gasteiger partial charge in [-0.15, -0.1) is 0 Å². The molecule has 0 spiro atoms. The summed E-state index contributed by atoms with van der Waals surface area (Å²) in [5.74, 6) is 1.35. The SMILES string of the molecule is COc1ccccc1-c1ccccc1CN1CCN(C(C)=O)C[C@@H](Cc2cnc3[nH]ccc3c2)C1. The van der Waals surface area contributed by atoms with Gasteiger partial charge >= 0.3 is 0 Å². The molecule has 1 aliphatic heterocycles. The van der Waals surface area contributed by atoms with Crippen molar-refractivity contribution in [2.24, 2.45) is 5.92 Å². The number of para-hydroxylation sites is 1. The van der Waals surface area contributed by atoms with Crippen LogP contribution >= 0.6 is 0 Å². The summed E-state index contributed by atoms with van der Waals surface area (Å²) in [6.45, 7) is 5.80. The number of aromatic amines is 1. The van der Waals surface area contributed by atoms with Crippen molar-refractivity contribution < 1.29 is 9.53 Å². The highest BCUT2D eigenvalue weighted by molar-refractivity contribution is 5.76. The third kappa shape index (κ3) is 5.23. The second kappa shape index (κ2) is 10.3. The number of H-pyrrole nitrogens is 1. The molecule has 0 aliphatic carbocycles. The second-order valence-electron chi connectivity index (χ2n) is 9.39. The van der Waals surface area contributed by atoms with Gasteiger partial charge in [0.1, 0.15) is 11.4 Å². The van der Waals surface area contributed by atoms with E-state index in [0.717, 1.165) is 61.5 Å². The summed E-state index contributed by atoms with van der Waals surface area (Å²) in [7, 11) is 1.72. The van der Waals surface area contributed by atoms with Gasteiger partial charge in [0, 0.05) is 63.0 Å². The first-order valence-electron chi connectivity index (χ1n) is 12.2. The van der Waals surface area contributed by atoms with Crippen LogP contribution in [0.4, 0.5) is 0 Å². The Bertz CT molecular complexity index is 1310. The van der Waals surface area contributed by atoms with Crippen LogP contribution in [0.2, 0.25) is 0 Å². The van der Waals surface area contributed by atoms with Crippen molar-refractivity contribution in [1.29, 1.82) is 0 Å². The largest absolute Gasteiger partial charge is 0.496 e. The molecule has 2 aromatic carbocycles.